The number of hydrogen-bond acceptors (Lipinski definition) is 6. The first kappa shape index (κ1) is 25.0. The molecule has 0 radical (unpaired) electrons. The lowest BCUT2D eigenvalue weighted by molar-refractivity contribution is -0.149. The molecule has 0 aromatic heterocycles. The van der Waals surface area contributed by atoms with Crippen LogP contribution in [0.1, 0.15) is 50.1 Å². The van der Waals surface area contributed by atoms with E-state index in [1.54, 1.807) is 29.2 Å². The van der Waals surface area contributed by atoms with Gasteiger partial charge >= 0.3 is 0 Å². The summed E-state index contributed by atoms with van der Waals surface area (Å²) in [5.41, 5.74) is 6.32. The maximum absolute atomic E-state index is 13.4. The maximum atomic E-state index is 13.4. The van der Waals surface area contributed by atoms with Crippen LogP contribution in [0.2, 0.25) is 0 Å². The topological polar surface area (TPSA) is 128 Å². The zero-order chi connectivity index (χ0) is 24.0. The van der Waals surface area contributed by atoms with Crippen molar-refractivity contribution in [3.8, 4) is 5.75 Å². The van der Waals surface area contributed by atoms with Crippen LogP contribution >= 0.6 is 0 Å². The molecule has 0 unspecified atom stereocenters. The highest BCUT2D eigenvalue weighted by Gasteiger charge is 2.54. The molecule has 0 aliphatic carbocycles. The Labute approximate surface area is 195 Å². The summed E-state index contributed by atoms with van der Waals surface area (Å²) >= 11 is 0. The molecule has 182 valence electrons. The first-order valence-corrected chi connectivity index (χ1v) is 11.9. The maximum Gasteiger partial charge on any atom is 0.246 e. The van der Waals surface area contributed by atoms with Gasteiger partial charge in [0.25, 0.3) is 0 Å². The van der Waals surface area contributed by atoms with Crippen molar-refractivity contribution in [1.82, 2.24) is 20.4 Å². The number of hydrogen-bond donors (Lipinski definition) is 4. The van der Waals surface area contributed by atoms with Crippen molar-refractivity contribution >= 4 is 17.7 Å². The standard InChI is InChI=1S/C24H37N5O4/c1-28(2)14-6-5-13-26-22(31)18-15-20-23(32)27-19(7-3-4-12-25)24(33)29(20)21(18)16-8-10-17(30)11-9-16/h8-11,18-21,30H,3-7,12-15,25H2,1-2H3,(H,26,31)(H,27,32)/t18-,19+,20-,21-/m1/s1. The average Bonchev–Trinajstić information content (AvgIpc) is 3.19. The molecule has 3 rings (SSSR count). The summed E-state index contributed by atoms with van der Waals surface area (Å²) in [4.78, 5) is 43.2. The van der Waals surface area contributed by atoms with Gasteiger partial charge < -0.3 is 31.3 Å². The number of aromatic hydroxyl groups is 1. The highest BCUT2D eigenvalue weighted by molar-refractivity contribution is 5.99. The van der Waals surface area contributed by atoms with E-state index in [0.29, 0.717) is 19.5 Å². The lowest BCUT2D eigenvalue weighted by Gasteiger charge is -2.38. The number of phenols is 1. The SMILES string of the molecule is CN(C)CCCCNC(=O)[C@@H]1C[C@@H]2C(=O)N[C@@H](CCCCN)C(=O)N2[C@@H]1c1ccc(O)cc1. The fraction of sp³-hybridized carbons (Fsp3) is 0.625. The Balaban J connectivity index is 1.79. The Bertz CT molecular complexity index is 829. The molecule has 0 bridgehead atoms. The molecule has 2 fully saturated rings. The van der Waals surface area contributed by atoms with E-state index in [-0.39, 0.29) is 29.9 Å². The van der Waals surface area contributed by atoms with Crippen molar-refractivity contribution in [2.45, 2.75) is 56.7 Å². The van der Waals surface area contributed by atoms with Crippen molar-refractivity contribution in [2.24, 2.45) is 11.7 Å². The number of rotatable bonds is 11. The summed E-state index contributed by atoms with van der Waals surface area (Å²) in [6, 6.07) is 4.72. The van der Waals surface area contributed by atoms with E-state index in [1.807, 2.05) is 14.1 Å². The van der Waals surface area contributed by atoms with Gasteiger partial charge in [-0.15, -0.1) is 0 Å². The molecule has 2 aliphatic rings. The number of nitrogens with two attached hydrogens (primary N) is 1. The molecule has 2 aliphatic heterocycles. The van der Waals surface area contributed by atoms with E-state index in [1.165, 1.54) is 0 Å². The third-order valence-corrected chi connectivity index (χ3v) is 6.52. The number of carbonyl (C=O) groups is 3. The van der Waals surface area contributed by atoms with Crippen LogP contribution in [0.25, 0.3) is 0 Å². The molecular formula is C24H37N5O4. The summed E-state index contributed by atoms with van der Waals surface area (Å²) in [5.74, 6) is -0.940. The Morgan fingerprint density at radius 1 is 1.18 bits per heavy atom. The van der Waals surface area contributed by atoms with Crippen LogP contribution in [-0.2, 0) is 14.4 Å². The van der Waals surface area contributed by atoms with E-state index in [0.717, 1.165) is 37.8 Å². The van der Waals surface area contributed by atoms with Gasteiger partial charge in [0.1, 0.15) is 17.8 Å². The lowest BCUT2D eigenvalue weighted by Crippen LogP contribution is -2.61. The Morgan fingerprint density at radius 2 is 1.91 bits per heavy atom. The Kier molecular flexibility index (Phi) is 8.68. The van der Waals surface area contributed by atoms with Crippen LogP contribution in [0.15, 0.2) is 24.3 Å². The monoisotopic (exact) mass is 459 g/mol. The van der Waals surface area contributed by atoms with Crippen LogP contribution < -0.4 is 16.4 Å². The minimum absolute atomic E-state index is 0.109. The van der Waals surface area contributed by atoms with Crippen molar-refractivity contribution < 1.29 is 19.5 Å². The summed E-state index contributed by atoms with van der Waals surface area (Å²) in [7, 11) is 4.03. The second-order valence-electron chi connectivity index (χ2n) is 9.29. The van der Waals surface area contributed by atoms with Gasteiger partial charge in [0.2, 0.25) is 17.7 Å². The molecule has 5 N–H and O–H groups in total. The van der Waals surface area contributed by atoms with E-state index >= 15 is 0 Å². The van der Waals surface area contributed by atoms with Crippen LogP contribution in [-0.4, -0.2) is 78.4 Å². The fourth-order valence-electron chi connectivity index (χ4n) is 4.80. The molecule has 2 heterocycles. The highest BCUT2D eigenvalue weighted by atomic mass is 16.3. The second kappa shape index (κ2) is 11.5. The number of amides is 3. The summed E-state index contributed by atoms with van der Waals surface area (Å²) in [6.07, 6.45) is 4.16. The number of unbranched alkanes of at least 4 members (excludes halogenated alkanes) is 2. The van der Waals surface area contributed by atoms with E-state index < -0.39 is 24.0 Å². The molecule has 33 heavy (non-hydrogen) atoms. The number of phenolic OH excluding ortho intramolecular Hbond substituents is 1. The van der Waals surface area contributed by atoms with Gasteiger partial charge in [-0.1, -0.05) is 12.1 Å². The number of fused-ring (bicyclic) bond motifs is 1. The fourth-order valence-corrected chi connectivity index (χ4v) is 4.80. The minimum Gasteiger partial charge on any atom is -0.508 e. The summed E-state index contributed by atoms with van der Waals surface area (Å²) < 4.78 is 0. The van der Waals surface area contributed by atoms with Gasteiger partial charge in [0.15, 0.2) is 0 Å². The average molecular weight is 460 g/mol. The van der Waals surface area contributed by atoms with Gasteiger partial charge in [-0.25, -0.2) is 0 Å². The van der Waals surface area contributed by atoms with Gasteiger partial charge in [-0.3, -0.25) is 14.4 Å². The largest absolute Gasteiger partial charge is 0.508 e. The molecular weight excluding hydrogens is 422 g/mol. The first-order valence-electron chi connectivity index (χ1n) is 11.9. The molecule has 0 spiro atoms. The number of benzene rings is 1. The molecule has 0 saturated carbocycles. The van der Waals surface area contributed by atoms with E-state index in [4.69, 9.17) is 5.73 Å². The molecule has 2 saturated heterocycles. The second-order valence-corrected chi connectivity index (χ2v) is 9.29. The first-order chi connectivity index (χ1) is 15.8. The zero-order valence-electron chi connectivity index (χ0n) is 19.6. The van der Waals surface area contributed by atoms with Crippen molar-refractivity contribution in [3.05, 3.63) is 29.8 Å². The third kappa shape index (κ3) is 6.03. The number of nitrogens with one attached hydrogen (secondary N) is 2. The predicted molar refractivity (Wildman–Crippen MR) is 125 cm³/mol. The van der Waals surface area contributed by atoms with Crippen molar-refractivity contribution in [2.75, 3.05) is 33.7 Å². The summed E-state index contributed by atoms with van der Waals surface area (Å²) in [6.45, 7) is 2.04. The van der Waals surface area contributed by atoms with E-state index in [9.17, 15) is 19.5 Å². The summed E-state index contributed by atoms with van der Waals surface area (Å²) in [5, 5.41) is 15.6. The van der Waals surface area contributed by atoms with Crippen molar-refractivity contribution in [3.63, 3.8) is 0 Å². The smallest absolute Gasteiger partial charge is 0.246 e. The molecule has 1 aromatic carbocycles. The molecule has 9 heteroatoms. The normalized spacial score (nSPS) is 24.7. The lowest BCUT2D eigenvalue weighted by atomic mass is 9.92. The zero-order valence-corrected chi connectivity index (χ0v) is 19.6. The number of piperazine rings is 1. The van der Waals surface area contributed by atoms with Crippen LogP contribution in [0.3, 0.4) is 0 Å². The molecule has 4 atom stereocenters. The quantitative estimate of drug-likeness (QED) is 0.361. The molecule has 3 amide bonds. The van der Waals surface area contributed by atoms with Gasteiger partial charge in [-0.2, -0.15) is 0 Å². The van der Waals surface area contributed by atoms with Crippen LogP contribution in [0.4, 0.5) is 0 Å². The molecule has 1 aromatic rings. The van der Waals surface area contributed by atoms with Crippen molar-refractivity contribution in [1.29, 1.82) is 0 Å². The third-order valence-electron chi connectivity index (χ3n) is 6.52. The van der Waals surface area contributed by atoms with Crippen LogP contribution in [0.5, 0.6) is 5.75 Å². The van der Waals surface area contributed by atoms with E-state index in [2.05, 4.69) is 15.5 Å². The number of nitrogens with zero attached hydrogens (tertiary/aromatic N) is 2. The van der Waals surface area contributed by atoms with Gasteiger partial charge in [0.05, 0.1) is 12.0 Å². The Morgan fingerprint density at radius 3 is 2.58 bits per heavy atom. The van der Waals surface area contributed by atoms with Gasteiger partial charge in [0, 0.05) is 6.54 Å². The predicted octanol–water partition coefficient (Wildman–Crippen LogP) is 0.736. The highest BCUT2D eigenvalue weighted by Crippen LogP contribution is 2.43. The van der Waals surface area contributed by atoms with Crippen LogP contribution in [0, 0.1) is 5.92 Å². The molecule has 9 nitrogen and oxygen atoms in total. The minimum atomic E-state index is -0.674. The van der Waals surface area contributed by atoms with Gasteiger partial charge in [-0.05, 0) is 83.4 Å². The number of carbonyl (C=O) groups excluding carboxylic acids is 3. The Hall–Kier alpha value is -2.65.